The second-order valence-corrected chi connectivity index (χ2v) is 31.9. The number of para-hydroxylation sites is 1. The first-order chi connectivity index (χ1) is 55.3. The first kappa shape index (κ1) is 96.9. The number of likely N-dealkylation sites (N-methyl/N-ethyl adjacent to an activating group) is 2. The van der Waals surface area contributed by atoms with Crippen molar-refractivity contribution in [3.05, 3.63) is 71.9 Å². The van der Waals surface area contributed by atoms with Crippen molar-refractivity contribution in [1.29, 1.82) is 0 Å². The van der Waals surface area contributed by atoms with Crippen LogP contribution in [0.5, 0.6) is 0 Å². The Kier molecular flexibility index (Phi) is 36.6. The van der Waals surface area contributed by atoms with Crippen molar-refractivity contribution in [3.8, 4) is 0 Å². The molecule has 11 unspecified atom stereocenters. The van der Waals surface area contributed by atoms with Crippen LogP contribution in [-0.4, -0.2) is 285 Å². The third-order valence-electron chi connectivity index (χ3n) is 19.7. The number of nitrogens with zero attached hydrogens (tertiary/aromatic N) is 5. The summed E-state index contributed by atoms with van der Waals surface area (Å²) in [5.74, 6) is -23.6. The Balaban J connectivity index is 1.59. The number of aliphatic hydroxyl groups excluding tert-OH is 2. The van der Waals surface area contributed by atoms with Crippen LogP contribution < -0.4 is 76.1 Å². The summed E-state index contributed by atoms with van der Waals surface area (Å²) in [4.78, 5) is 251. The molecule has 22 N–H and O–H groups in total. The molecule has 17 amide bonds. The summed E-state index contributed by atoms with van der Waals surface area (Å²) in [6, 6.07) is -7.79. The zero-order valence-corrected chi connectivity index (χ0v) is 68.5. The van der Waals surface area contributed by atoms with Gasteiger partial charge in [-0.3, -0.25) is 96.0 Å². The second-order valence-electron chi connectivity index (χ2n) is 30.5. The van der Waals surface area contributed by atoms with Gasteiger partial charge in [0.25, 0.3) is 16.0 Å². The second kappa shape index (κ2) is 44.6. The van der Waals surface area contributed by atoms with Gasteiger partial charge < -0.3 is 106 Å². The number of carbonyl (C=O) groups is 17. The lowest BCUT2D eigenvalue weighted by Crippen LogP contribution is -2.66. The van der Waals surface area contributed by atoms with Gasteiger partial charge in [-0.15, -0.1) is 0 Å². The Morgan fingerprint density at radius 1 is 0.644 bits per heavy atom. The Morgan fingerprint density at radius 2 is 1.22 bits per heavy atom. The van der Waals surface area contributed by atoms with Crippen molar-refractivity contribution in [2.45, 2.75) is 217 Å². The summed E-state index contributed by atoms with van der Waals surface area (Å²) < 4.78 is 37.1. The molecule has 5 rings (SSSR count). The molecule has 2 aromatic carbocycles. The van der Waals surface area contributed by atoms with Gasteiger partial charge in [-0.2, -0.15) is 8.42 Å². The maximum atomic E-state index is 15.7. The van der Waals surface area contributed by atoms with Gasteiger partial charge in [-0.25, -0.2) is 0 Å². The molecule has 0 radical (unpaired) electrons. The van der Waals surface area contributed by atoms with Gasteiger partial charge >= 0.3 is 0 Å². The number of primary amides is 2. The van der Waals surface area contributed by atoms with Crippen LogP contribution in [0.1, 0.15) is 125 Å². The van der Waals surface area contributed by atoms with Crippen molar-refractivity contribution in [1.82, 2.24) is 77.8 Å². The smallest absolute Gasteiger partial charge is 0.267 e. The van der Waals surface area contributed by atoms with Gasteiger partial charge in [-0.05, 0) is 94.2 Å². The first-order valence-electron chi connectivity index (χ1n) is 38.4. The van der Waals surface area contributed by atoms with E-state index < -0.39 is 263 Å². The van der Waals surface area contributed by atoms with Crippen molar-refractivity contribution >= 4 is 128 Å². The Labute approximate surface area is 681 Å². The Morgan fingerprint density at radius 3 is 1.81 bits per heavy atom. The number of benzene rings is 2. The van der Waals surface area contributed by atoms with Gasteiger partial charge in [0, 0.05) is 63.5 Å². The molecule has 650 valence electrons. The highest BCUT2D eigenvalue weighted by molar-refractivity contribution is 7.85. The van der Waals surface area contributed by atoms with Crippen LogP contribution in [0.2, 0.25) is 0 Å². The Hall–Kier alpha value is -11.7. The fraction of sp³-hybridized carbons (Fsp3) is 0.573. The number of carbonyl (C=O) groups excluding carboxylic acids is 17. The highest BCUT2D eigenvalue weighted by Gasteiger charge is 2.48. The van der Waals surface area contributed by atoms with Crippen LogP contribution in [0.4, 0.5) is 0 Å². The van der Waals surface area contributed by atoms with E-state index in [1.54, 1.807) is 96.1 Å². The largest absolute Gasteiger partial charge is 0.391 e. The van der Waals surface area contributed by atoms with E-state index >= 15 is 28.8 Å². The van der Waals surface area contributed by atoms with Crippen LogP contribution in [-0.2, 0) is 104 Å². The average Bonchev–Trinajstić information content (AvgIpc) is 1.13. The van der Waals surface area contributed by atoms with Gasteiger partial charge in [0.15, 0.2) is 5.96 Å². The minimum atomic E-state index is -5.61. The monoisotopic (exact) mass is 1680 g/mol. The minimum Gasteiger partial charge on any atom is -0.391 e. The number of aromatic nitrogens is 1. The molecule has 2 aliphatic heterocycles. The highest BCUT2D eigenvalue weighted by Crippen LogP contribution is 2.25. The first-order valence-corrected chi connectivity index (χ1v) is 40.0. The highest BCUT2D eigenvalue weighted by atomic mass is 32.2. The predicted octanol–water partition coefficient (Wildman–Crippen LogP) is -6.33. The molecule has 2 aliphatic rings. The lowest BCUT2D eigenvalue weighted by atomic mass is 9.98. The number of rotatable bonds is 37. The normalized spacial score (nSPS) is 20.4. The summed E-state index contributed by atoms with van der Waals surface area (Å²) >= 11 is 0. The van der Waals surface area contributed by atoms with Crippen molar-refractivity contribution in [2.24, 2.45) is 45.7 Å². The maximum absolute atomic E-state index is 15.7. The molecule has 118 heavy (non-hydrogen) atoms. The fourth-order valence-corrected chi connectivity index (χ4v) is 14.1. The molecular formula is C75H112N20O22S. The van der Waals surface area contributed by atoms with E-state index in [1.165, 1.54) is 18.0 Å². The summed E-state index contributed by atoms with van der Waals surface area (Å²) in [5.41, 5.74) is 23.8. The van der Waals surface area contributed by atoms with E-state index in [1.807, 2.05) is 0 Å². The molecular weight excluding hydrogens is 1570 g/mol. The lowest BCUT2D eigenvalue weighted by molar-refractivity contribution is -0.163. The number of imide groups is 1. The van der Waals surface area contributed by atoms with Crippen LogP contribution in [0.3, 0.4) is 0 Å². The van der Waals surface area contributed by atoms with Crippen molar-refractivity contribution in [3.63, 3.8) is 0 Å². The van der Waals surface area contributed by atoms with Crippen LogP contribution >= 0.6 is 0 Å². The molecule has 3 aromatic rings. The number of H-pyrrole nitrogens is 1. The number of nitrogens with two attached hydrogens (primary N) is 4. The zero-order valence-electron chi connectivity index (χ0n) is 67.7. The standard InChI is InChI=1S/C75H112N20O22S/c1-37(2)29-48-64(104)84-50(32-56(77)100)66(106)91-60(41(8)97)73(113)92(10)34-57(101)95(61(42(9)98)74(114)93(11)53(67(107)85-48)25-26-55(76)99)72(112)52(35-118(115,116)117)88-63(103)47(23-17-27-80-75(78)79)83-65(105)49(31-44-33-81-46-22-16-15-21-45(44)46)86-69(109)58(38(3)4)90-70(110)59(39(5)6)89-68(108)54-24-18-28-94(54)71(111)51(30-43-19-13-12-14-20-43)87-62(102)40(7)82-36-96/h12-16,19-22,33,36-42,47-54,58-61,81,97-98H,17-18,23-32,34-35H2,1-11H3,(H2,76,99)(H2,77,100)(H,82,96)(H,83,105)(H,84,104)(H,85,107)(H,86,109)(H,87,102)(H,88,103)(H,89,108)(H,90,110)(H,91,106)(H4,78,79,80)(H,115,116,117)/t40?,41-,42+,47?,48?,49?,50?,51?,52?,53?,54?,58?,59?,60+,61-/m1/s1. The van der Waals surface area contributed by atoms with Crippen LogP contribution in [0, 0.1) is 17.8 Å². The van der Waals surface area contributed by atoms with E-state index in [2.05, 4.69) is 63.1 Å². The molecule has 3 heterocycles. The van der Waals surface area contributed by atoms with Gasteiger partial charge in [0.2, 0.25) is 95.0 Å². The summed E-state index contributed by atoms with van der Waals surface area (Å²) in [5, 5.41) is 47.9. The summed E-state index contributed by atoms with van der Waals surface area (Å²) in [7, 11) is -3.85. The Bertz CT molecular complexity index is 4290. The number of aliphatic hydroxyl groups is 2. The van der Waals surface area contributed by atoms with Crippen LogP contribution in [0.25, 0.3) is 10.9 Å². The fourth-order valence-electron chi connectivity index (χ4n) is 13.4. The predicted molar refractivity (Wildman–Crippen MR) is 424 cm³/mol. The molecule has 0 bridgehead atoms. The minimum absolute atomic E-state index is 0.00265. The van der Waals surface area contributed by atoms with Gasteiger partial charge in [-0.1, -0.05) is 90.1 Å². The van der Waals surface area contributed by atoms with Gasteiger partial charge in [0.1, 0.15) is 84.3 Å². The average molecular weight is 1680 g/mol. The molecule has 0 aliphatic carbocycles. The lowest BCUT2D eigenvalue weighted by Gasteiger charge is -2.38. The SMILES string of the molecule is CC(C)CC1NC(=O)C(CCC(N)=O)N(C)C(=O)[C@@H]([C@H](C)O)N(C(=O)C(CS(=O)(=O)O)NC(=O)C(CCCN=C(N)N)NC(=O)C(Cc2c[nH]c3ccccc23)NC(=O)C(NC(=O)C(NC(=O)C2CCCN2C(=O)C(Cc2ccccc2)NC(=O)C(C)NC=O)C(C)C)C(C)C)C(=O)CN(C)C(=O)[C@H]([C@@H](C)O)NC(=O)C(CC(N)=O)NC1=O. The number of amides is 17. The van der Waals surface area contributed by atoms with E-state index in [0.717, 1.165) is 27.9 Å². The van der Waals surface area contributed by atoms with Crippen LogP contribution in [0.15, 0.2) is 65.8 Å². The third-order valence-corrected chi connectivity index (χ3v) is 20.4. The zero-order chi connectivity index (χ0) is 88.5. The number of aromatic amines is 1. The molecule has 0 saturated carbocycles. The topological polar surface area (TPSA) is 651 Å². The number of guanidine groups is 1. The molecule has 2 saturated heterocycles. The number of hydrogen-bond donors (Lipinski definition) is 18. The molecule has 43 heteroatoms. The molecule has 2 fully saturated rings. The molecule has 15 atom stereocenters. The van der Waals surface area contributed by atoms with E-state index in [-0.39, 0.29) is 43.7 Å². The molecule has 42 nitrogen and oxygen atoms in total. The van der Waals surface area contributed by atoms with Crippen molar-refractivity contribution < 1.29 is 105 Å². The summed E-state index contributed by atoms with van der Waals surface area (Å²) in [6.45, 7) is 11.1. The summed E-state index contributed by atoms with van der Waals surface area (Å²) in [6.07, 6.45) is -5.66. The van der Waals surface area contributed by atoms with Gasteiger partial charge in [0.05, 0.1) is 25.2 Å². The molecule has 0 spiro atoms. The van der Waals surface area contributed by atoms with E-state index in [0.29, 0.717) is 44.7 Å². The number of nitrogens with one attached hydrogen (secondary N) is 11. The van der Waals surface area contributed by atoms with Crippen molar-refractivity contribution in [2.75, 3.05) is 39.5 Å². The quantitative estimate of drug-likeness (QED) is 0.00839. The maximum Gasteiger partial charge on any atom is 0.267 e. The van der Waals surface area contributed by atoms with E-state index in [4.69, 9.17) is 22.9 Å². The van der Waals surface area contributed by atoms with E-state index in [9.17, 15) is 75.9 Å². The number of aliphatic imine (C=N–C) groups is 1. The third kappa shape index (κ3) is 28.3. The molecule has 1 aromatic heterocycles. The number of fused-ring (bicyclic) bond motifs is 1. The number of likely N-dealkylation sites (tertiary alicyclic amines) is 1. The number of hydrogen-bond acceptors (Lipinski definition) is 22.